The molecule has 7 heteroatoms. The summed E-state index contributed by atoms with van der Waals surface area (Å²) in [7, 11) is 0. The molecule has 7 nitrogen and oxygen atoms in total. The van der Waals surface area contributed by atoms with E-state index in [0.717, 1.165) is 35.9 Å². The van der Waals surface area contributed by atoms with E-state index < -0.39 is 5.60 Å². The normalized spacial score (nSPS) is 16.4. The molecule has 0 aliphatic carbocycles. The van der Waals surface area contributed by atoms with Gasteiger partial charge in [-0.05, 0) is 82.6 Å². The van der Waals surface area contributed by atoms with Gasteiger partial charge in [0.2, 0.25) is 0 Å². The number of anilines is 1. The fraction of sp³-hybridized carbons (Fsp3) is 0.519. The first kappa shape index (κ1) is 24.2. The average molecular weight is 468 g/mol. The standard InChI is InChI=1S/C27H37N3O4/c1-27(2,3)34-26(31)30-15-17-33-25-11-8-23(18-22(25)20-30)28-19-21-6-9-24(10-7-21)32-16-14-29-12-4-5-13-29/h6-11,18,28H,4-5,12-17,19-20H2,1-3H3. The predicted molar refractivity (Wildman–Crippen MR) is 134 cm³/mol. The molecule has 34 heavy (non-hydrogen) atoms. The highest BCUT2D eigenvalue weighted by atomic mass is 16.6. The van der Waals surface area contributed by atoms with Gasteiger partial charge >= 0.3 is 6.09 Å². The van der Waals surface area contributed by atoms with E-state index in [4.69, 9.17) is 14.2 Å². The van der Waals surface area contributed by atoms with Crippen molar-refractivity contribution in [2.75, 3.05) is 44.7 Å². The first-order valence-corrected chi connectivity index (χ1v) is 12.3. The maximum Gasteiger partial charge on any atom is 0.410 e. The highest BCUT2D eigenvalue weighted by Gasteiger charge is 2.25. The van der Waals surface area contributed by atoms with Crippen molar-refractivity contribution in [3.05, 3.63) is 53.6 Å². The number of carbonyl (C=O) groups excluding carboxylic acids is 1. The number of rotatable bonds is 7. The Morgan fingerprint density at radius 1 is 1.06 bits per heavy atom. The molecule has 2 heterocycles. The number of benzene rings is 2. The molecule has 0 aromatic heterocycles. The molecule has 0 unspecified atom stereocenters. The summed E-state index contributed by atoms with van der Waals surface area (Å²) in [5.74, 6) is 1.72. The molecule has 1 amide bonds. The van der Waals surface area contributed by atoms with Crippen LogP contribution < -0.4 is 14.8 Å². The number of fused-ring (bicyclic) bond motifs is 1. The minimum absolute atomic E-state index is 0.315. The Bertz CT molecular complexity index is 949. The highest BCUT2D eigenvalue weighted by Crippen LogP contribution is 2.27. The topological polar surface area (TPSA) is 63.3 Å². The van der Waals surface area contributed by atoms with E-state index in [1.807, 2.05) is 51.1 Å². The molecule has 1 fully saturated rings. The Hall–Kier alpha value is -2.93. The summed E-state index contributed by atoms with van der Waals surface area (Å²) in [5.41, 5.74) is 2.60. The number of likely N-dealkylation sites (tertiary alicyclic amines) is 1. The van der Waals surface area contributed by atoms with Crippen molar-refractivity contribution in [2.24, 2.45) is 0 Å². The van der Waals surface area contributed by atoms with E-state index in [-0.39, 0.29) is 6.09 Å². The second-order valence-electron chi connectivity index (χ2n) is 9.97. The average Bonchev–Trinajstić information content (AvgIpc) is 3.22. The van der Waals surface area contributed by atoms with Gasteiger partial charge in [0.1, 0.15) is 30.3 Å². The largest absolute Gasteiger partial charge is 0.492 e. The molecule has 0 saturated carbocycles. The molecular weight excluding hydrogens is 430 g/mol. The lowest BCUT2D eigenvalue weighted by molar-refractivity contribution is 0.0225. The van der Waals surface area contributed by atoms with E-state index in [1.54, 1.807) is 4.90 Å². The van der Waals surface area contributed by atoms with Crippen molar-refractivity contribution in [1.82, 2.24) is 9.80 Å². The van der Waals surface area contributed by atoms with Crippen molar-refractivity contribution in [2.45, 2.75) is 52.3 Å². The highest BCUT2D eigenvalue weighted by molar-refractivity contribution is 5.68. The summed E-state index contributed by atoms with van der Waals surface area (Å²) in [4.78, 5) is 16.7. The molecule has 2 aromatic rings. The van der Waals surface area contributed by atoms with Crippen LogP contribution in [0.4, 0.5) is 10.5 Å². The van der Waals surface area contributed by atoms with Gasteiger partial charge in [-0.25, -0.2) is 4.79 Å². The van der Waals surface area contributed by atoms with Gasteiger partial charge in [0.05, 0.1) is 13.1 Å². The summed E-state index contributed by atoms with van der Waals surface area (Å²) in [5, 5.41) is 3.48. The monoisotopic (exact) mass is 467 g/mol. The summed E-state index contributed by atoms with van der Waals surface area (Å²) in [6.45, 7) is 11.9. The molecule has 1 saturated heterocycles. The maximum absolute atomic E-state index is 12.6. The summed E-state index contributed by atoms with van der Waals surface area (Å²) in [6, 6.07) is 14.3. The maximum atomic E-state index is 12.6. The predicted octanol–water partition coefficient (Wildman–Crippen LogP) is 4.90. The second kappa shape index (κ2) is 11.0. The van der Waals surface area contributed by atoms with Crippen LogP contribution in [0.25, 0.3) is 0 Å². The van der Waals surface area contributed by atoms with Gasteiger partial charge in [-0.3, -0.25) is 4.90 Å². The quantitative estimate of drug-likeness (QED) is 0.625. The smallest absolute Gasteiger partial charge is 0.410 e. The molecule has 2 aromatic carbocycles. The fourth-order valence-electron chi connectivity index (χ4n) is 4.19. The second-order valence-corrected chi connectivity index (χ2v) is 9.97. The van der Waals surface area contributed by atoms with Crippen molar-refractivity contribution < 1.29 is 19.0 Å². The molecule has 0 radical (unpaired) electrons. The van der Waals surface area contributed by atoms with Crippen LogP contribution in [0, 0.1) is 0 Å². The summed E-state index contributed by atoms with van der Waals surface area (Å²) < 4.78 is 17.3. The fourth-order valence-corrected chi connectivity index (χ4v) is 4.19. The lowest BCUT2D eigenvalue weighted by Crippen LogP contribution is -2.37. The van der Waals surface area contributed by atoms with E-state index in [2.05, 4.69) is 22.3 Å². The summed E-state index contributed by atoms with van der Waals surface area (Å²) in [6.07, 6.45) is 2.30. The molecule has 2 aliphatic heterocycles. The lowest BCUT2D eigenvalue weighted by Gasteiger charge is -2.26. The first-order valence-electron chi connectivity index (χ1n) is 12.3. The molecule has 4 rings (SSSR count). The Labute approximate surface area is 203 Å². The molecular formula is C27H37N3O4. The van der Waals surface area contributed by atoms with Crippen LogP contribution in [0.1, 0.15) is 44.7 Å². The Morgan fingerprint density at radius 3 is 2.56 bits per heavy atom. The molecule has 184 valence electrons. The van der Waals surface area contributed by atoms with Crippen molar-refractivity contribution in [1.29, 1.82) is 0 Å². The molecule has 2 aliphatic rings. The van der Waals surface area contributed by atoms with Gasteiger partial charge in [0.25, 0.3) is 0 Å². The van der Waals surface area contributed by atoms with Gasteiger partial charge in [-0.2, -0.15) is 0 Å². The third kappa shape index (κ3) is 7.03. The van der Waals surface area contributed by atoms with E-state index in [9.17, 15) is 4.79 Å². The van der Waals surface area contributed by atoms with E-state index >= 15 is 0 Å². The Morgan fingerprint density at radius 2 is 1.82 bits per heavy atom. The zero-order valence-corrected chi connectivity index (χ0v) is 20.6. The van der Waals surface area contributed by atoms with Gasteiger partial charge in [0, 0.05) is 24.3 Å². The summed E-state index contributed by atoms with van der Waals surface area (Å²) >= 11 is 0. The van der Waals surface area contributed by atoms with Crippen molar-refractivity contribution >= 4 is 11.8 Å². The van der Waals surface area contributed by atoms with Crippen molar-refractivity contribution in [3.63, 3.8) is 0 Å². The van der Waals surface area contributed by atoms with Crippen LogP contribution in [-0.2, 0) is 17.8 Å². The van der Waals surface area contributed by atoms with Crippen molar-refractivity contribution in [3.8, 4) is 11.5 Å². The Balaban J connectivity index is 1.29. The number of nitrogens with zero attached hydrogens (tertiary/aromatic N) is 2. The minimum atomic E-state index is -0.523. The van der Waals surface area contributed by atoms with Gasteiger partial charge in [-0.15, -0.1) is 0 Å². The third-order valence-electron chi connectivity index (χ3n) is 5.99. The first-order chi connectivity index (χ1) is 16.4. The van der Waals surface area contributed by atoms with E-state index in [0.29, 0.717) is 26.2 Å². The van der Waals surface area contributed by atoms with Gasteiger partial charge in [0.15, 0.2) is 0 Å². The number of amides is 1. The zero-order chi connectivity index (χ0) is 24.0. The number of hydrogen-bond acceptors (Lipinski definition) is 6. The van der Waals surface area contributed by atoms with Gasteiger partial charge in [-0.1, -0.05) is 12.1 Å². The number of hydrogen-bond donors (Lipinski definition) is 1. The van der Waals surface area contributed by atoms with Gasteiger partial charge < -0.3 is 24.4 Å². The molecule has 1 N–H and O–H groups in total. The molecule has 0 bridgehead atoms. The SMILES string of the molecule is CC(C)(C)OC(=O)N1CCOc2ccc(NCc3ccc(OCCN4CCCC4)cc3)cc2C1. The van der Waals surface area contributed by atoms with Crippen LogP contribution in [0.2, 0.25) is 0 Å². The van der Waals surface area contributed by atoms with Crippen LogP contribution >= 0.6 is 0 Å². The minimum Gasteiger partial charge on any atom is -0.492 e. The third-order valence-corrected chi connectivity index (χ3v) is 5.99. The molecule has 0 spiro atoms. The number of ether oxygens (including phenoxy) is 3. The van der Waals surface area contributed by atoms with Crippen LogP contribution in [0.3, 0.4) is 0 Å². The Kier molecular flexibility index (Phi) is 7.83. The van der Waals surface area contributed by atoms with E-state index in [1.165, 1.54) is 31.5 Å². The van der Waals surface area contributed by atoms with Crippen LogP contribution in [0.15, 0.2) is 42.5 Å². The zero-order valence-electron chi connectivity index (χ0n) is 20.6. The van der Waals surface area contributed by atoms with Crippen LogP contribution in [0.5, 0.6) is 11.5 Å². The molecule has 0 atom stereocenters. The number of nitrogens with one attached hydrogen (secondary N) is 1. The van der Waals surface area contributed by atoms with Crippen LogP contribution in [-0.4, -0.2) is 60.9 Å². The lowest BCUT2D eigenvalue weighted by atomic mass is 10.1. The number of carbonyl (C=O) groups is 1.